The zero-order valence-electron chi connectivity index (χ0n) is 14.0. The molecule has 2 aliphatic carbocycles. The lowest BCUT2D eigenvalue weighted by atomic mass is 9.82. The van der Waals surface area contributed by atoms with Crippen LogP contribution in [0, 0.1) is 0 Å². The van der Waals surface area contributed by atoms with Gasteiger partial charge in [-0.2, -0.15) is 0 Å². The number of rotatable bonds is 4. The van der Waals surface area contributed by atoms with Gasteiger partial charge in [0, 0.05) is 0 Å². The van der Waals surface area contributed by atoms with Crippen LogP contribution in [0.4, 0.5) is 0 Å². The van der Waals surface area contributed by atoms with Gasteiger partial charge in [0.05, 0.1) is 0 Å². The molecular formula is C24H22. The fourth-order valence-corrected chi connectivity index (χ4v) is 4.27. The standard InChI is InChI=1S/C24H22/c1-4-17(15-21-8-2-6-19-10-12-23(19)21)14-18(5-1)16-22-9-3-7-20-11-13-24(20)22/h1-9,14H,10-13,15-16H2. The van der Waals surface area contributed by atoms with Crippen LogP contribution >= 0.6 is 0 Å². The van der Waals surface area contributed by atoms with Crippen LogP contribution in [-0.2, 0) is 38.5 Å². The summed E-state index contributed by atoms with van der Waals surface area (Å²) in [7, 11) is 0. The normalized spacial score (nSPS) is 14.3. The zero-order valence-corrected chi connectivity index (χ0v) is 14.0. The van der Waals surface area contributed by atoms with Crippen molar-refractivity contribution in [3.05, 3.63) is 105 Å². The Hall–Kier alpha value is -2.34. The highest BCUT2D eigenvalue weighted by Crippen LogP contribution is 2.30. The fraction of sp³-hybridized carbons (Fsp3) is 0.250. The predicted octanol–water partition coefficient (Wildman–Crippen LogP) is 5.07. The molecule has 0 aromatic heterocycles. The third-order valence-electron chi connectivity index (χ3n) is 5.81. The maximum atomic E-state index is 2.41. The lowest BCUT2D eigenvalue weighted by Crippen LogP contribution is -2.12. The Morgan fingerprint density at radius 2 is 1.04 bits per heavy atom. The molecule has 0 fully saturated rings. The summed E-state index contributed by atoms with van der Waals surface area (Å²) in [5.41, 5.74) is 12.3. The van der Waals surface area contributed by atoms with Crippen LogP contribution in [-0.4, -0.2) is 0 Å². The molecule has 24 heavy (non-hydrogen) atoms. The highest BCUT2D eigenvalue weighted by Gasteiger charge is 2.18. The van der Waals surface area contributed by atoms with Crippen molar-refractivity contribution in [3.63, 3.8) is 0 Å². The Morgan fingerprint density at radius 3 is 1.50 bits per heavy atom. The minimum Gasteiger partial charge on any atom is -0.0617 e. The number of benzene rings is 3. The molecule has 3 aromatic rings. The summed E-state index contributed by atoms with van der Waals surface area (Å²) in [6.07, 6.45) is 7.21. The van der Waals surface area contributed by atoms with Crippen molar-refractivity contribution in [2.45, 2.75) is 38.5 Å². The SMILES string of the molecule is c1cc(Cc2cccc3c2CC3)cc(Cc2cccc3c2CC3)c1. The van der Waals surface area contributed by atoms with Crippen molar-refractivity contribution in [2.24, 2.45) is 0 Å². The van der Waals surface area contributed by atoms with E-state index in [0.717, 1.165) is 12.8 Å². The second kappa shape index (κ2) is 5.63. The van der Waals surface area contributed by atoms with E-state index >= 15 is 0 Å². The highest BCUT2D eigenvalue weighted by molar-refractivity contribution is 5.46. The van der Waals surface area contributed by atoms with E-state index in [2.05, 4.69) is 60.7 Å². The average molecular weight is 310 g/mol. The molecule has 5 rings (SSSR count). The molecule has 0 amide bonds. The van der Waals surface area contributed by atoms with Crippen molar-refractivity contribution >= 4 is 0 Å². The Balaban J connectivity index is 1.40. The molecule has 0 aliphatic heterocycles. The van der Waals surface area contributed by atoms with Gasteiger partial charge in [0.1, 0.15) is 0 Å². The number of aryl methyl sites for hydroxylation is 2. The van der Waals surface area contributed by atoms with Gasteiger partial charge in [-0.1, -0.05) is 60.7 Å². The van der Waals surface area contributed by atoms with Crippen LogP contribution in [0.2, 0.25) is 0 Å². The first-order valence-electron chi connectivity index (χ1n) is 9.14. The van der Waals surface area contributed by atoms with E-state index in [-0.39, 0.29) is 0 Å². The zero-order chi connectivity index (χ0) is 15.9. The van der Waals surface area contributed by atoms with Crippen molar-refractivity contribution < 1.29 is 0 Å². The van der Waals surface area contributed by atoms with Gasteiger partial charge < -0.3 is 0 Å². The summed E-state index contributed by atoms with van der Waals surface area (Å²) in [4.78, 5) is 0. The van der Waals surface area contributed by atoms with Crippen LogP contribution in [0.15, 0.2) is 60.7 Å². The predicted molar refractivity (Wildman–Crippen MR) is 99.8 cm³/mol. The molecule has 3 aromatic carbocycles. The third kappa shape index (κ3) is 2.38. The maximum Gasteiger partial charge on any atom is -0.00228 e. The van der Waals surface area contributed by atoms with Gasteiger partial charge in [0.15, 0.2) is 0 Å². The molecule has 2 aliphatic rings. The van der Waals surface area contributed by atoms with Gasteiger partial charge in [0.2, 0.25) is 0 Å². The monoisotopic (exact) mass is 310 g/mol. The van der Waals surface area contributed by atoms with Crippen molar-refractivity contribution in [1.82, 2.24) is 0 Å². The molecule has 0 heteroatoms. The lowest BCUT2D eigenvalue weighted by Gasteiger charge is -2.23. The molecular weight excluding hydrogens is 288 g/mol. The quantitative estimate of drug-likeness (QED) is 0.631. The molecule has 0 saturated heterocycles. The molecule has 0 N–H and O–H groups in total. The van der Waals surface area contributed by atoms with Crippen molar-refractivity contribution in [2.75, 3.05) is 0 Å². The van der Waals surface area contributed by atoms with Gasteiger partial charge in [0.25, 0.3) is 0 Å². The molecule has 118 valence electrons. The Bertz CT molecular complexity index is 844. The first-order valence-corrected chi connectivity index (χ1v) is 9.14. The topological polar surface area (TPSA) is 0 Å². The molecule has 0 saturated carbocycles. The van der Waals surface area contributed by atoms with Crippen LogP contribution in [0.3, 0.4) is 0 Å². The van der Waals surface area contributed by atoms with Crippen LogP contribution < -0.4 is 0 Å². The summed E-state index contributed by atoms with van der Waals surface area (Å²) in [5.74, 6) is 0. The van der Waals surface area contributed by atoms with E-state index in [1.807, 2.05) is 0 Å². The van der Waals surface area contributed by atoms with E-state index in [1.165, 1.54) is 47.9 Å². The molecule has 0 bridgehead atoms. The molecule has 0 spiro atoms. The first-order chi connectivity index (χ1) is 11.9. The number of fused-ring (bicyclic) bond motifs is 2. The van der Waals surface area contributed by atoms with E-state index in [0.29, 0.717) is 0 Å². The van der Waals surface area contributed by atoms with Crippen LogP contribution in [0.1, 0.15) is 44.5 Å². The van der Waals surface area contributed by atoms with E-state index in [4.69, 9.17) is 0 Å². The molecule has 0 unspecified atom stereocenters. The summed E-state index contributed by atoms with van der Waals surface area (Å²) in [5, 5.41) is 0. The smallest absolute Gasteiger partial charge is 0.00228 e. The second-order valence-electron chi connectivity index (χ2n) is 7.28. The average Bonchev–Trinajstić information content (AvgIpc) is 2.51. The molecule has 0 heterocycles. The van der Waals surface area contributed by atoms with Crippen molar-refractivity contribution in [3.8, 4) is 0 Å². The van der Waals surface area contributed by atoms with Gasteiger partial charge in [-0.05, 0) is 83.0 Å². The summed E-state index contributed by atoms with van der Waals surface area (Å²) in [6, 6.07) is 22.8. The Morgan fingerprint density at radius 1 is 0.542 bits per heavy atom. The second-order valence-corrected chi connectivity index (χ2v) is 7.28. The number of hydrogen-bond acceptors (Lipinski definition) is 0. The maximum absolute atomic E-state index is 2.41. The largest absolute Gasteiger partial charge is 0.0617 e. The Labute approximate surface area is 144 Å². The minimum absolute atomic E-state index is 1.07. The summed E-state index contributed by atoms with van der Waals surface area (Å²) >= 11 is 0. The van der Waals surface area contributed by atoms with Crippen LogP contribution in [0.25, 0.3) is 0 Å². The number of hydrogen-bond donors (Lipinski definition) is 0. The summed E-state index contributed by atoms with van der Waals surface area (Å²) in [6.45, 7) is 0. The van der Waals surface area contributed by atoms with Gasteiger partial charge >= 0.3 is 0 Å². The van der Waals surface area contributed by atoms with Crippen molar-refractivity contribution in [1.29, 1.82) is 0 Å². The first kappa shape index (κ1) is 14.0. The lowest BCUT2D eigenvalue weighted by molar-refractivity contribution is 0.817. The fourth-order valence-electron chi connectivity index (χ4n) is 4.27. The molecule has 0 radical (unpaired) electrons. The van der Waals surface area contributed by atoms with E-state index in [1.54, 1.807) is 22.3 Å². The molecule has 0 nitrogen and oxygen atoms in total. The van der Waals surface area contributed by atoms with E-state index in [9.17, 15) is 0 Å². The Kier molecular flexibility index (Phi) is 3.29. The van der Waals surface area contributed by atoms with E-state index < -0.39 is 0 Å². The molecule has 0 atom stereocenters. The van der Waals surface area contributed by atoms with Gasteiger partial charge in [-0.3, -0.25) is 0 Å². The highest BCUT2D eigenvalue weighted by atomic mass is 14.2. The van der Waals surface area contributed by atoms with Gasteiger partial charge in [-0.25, -0.2) is 0 Å². The minimum atomic E-state index is 1.07. The van der Waals surface area contributed by atoms with Crippen LogP contribution in [0.5, 0.6) is 0 Å². The summed E-state index contributed by atoms with van der Waals surface area (Å²) < 4.78 is 0. The third-order valence-corrected chi connectivity index (χ3v) is 5.81. The van der Waals surface area contributed by atoms with Gasteiger partial charge in [-0.15, -0.1) is 0 Å².